The van der Waals surface area contributed by atoms with E-state index in [1.165, 1.54) is 12.1 Å². The van der Waals surface area contributed by atoms with E-state index in [1.807, 2.05) is 0 Å². The zero-order valence-corrected chi connectivity index (χ0v) is 12.6. The van der Waals surface area contributed by atoms with Crippen molar-refractivity contribution >= 4 is 27.4 Å². The van der Waals surface area contributed by atoms with Crippen molar-refractivity contribution in [3.05, 3.63) is 29.3 Å². The highest BCUT2D eigenvalue weighted by Gasteiger charge is 2.51. The predicted molar refractivity (Wildman–Crippen MR) is 76.7 cm³/mol. The zero-order valence-electron chi connectivity index (χ0n) is 11.0. The third kappa shape index (κ3) is 2.44. The molecule has 0 bridgehead atoms. The number of hydrogen-bond donors (Lipinski definition) is 1. The summed E-state index contributed by atoms with van der Waals surface area (Å²) in [5.74, 6) is -1.26. The van der Waals surface area contributed by atoms with E-state index in [0.29, 0.717) is 12.8 Å². The molecule has 110 valence electrons. The average Bonchev–Trinajstić information content (AvgIpc) is 2.65. The molecular formula is C14H17ClO4S. The molecule has 0 unspecified atom stereocenters. The Kier molecular flexibility index (Phi) is 4.39. The number of halogens is 1. The first-order chi connectivity index (χ1) is 9.42. The highest BCUT2D eigenvalue weighted by molar-refractivity contribution is 7.93. The van der Waals surface area contributed by atoms with Crippen LogP contribution in [0.2, 0.25) is 5.02 Å². The molecule has 0 aromatic heterocycles. The van der Waals surface area contributed by atoms with Crippen LogP contribution >= 0.6 is 11.6 Å². The summed E-state index contributed by atoms with van der Waals surface area (Å²) in [4.78, 5) is 11.7. The van der Waals surface area contributed by atoms with Crippen molar-refractivity contribution in [2.75, 3.05) is 0 Å². The Balaban J connectivity index is 2.59. The molecule has 4 nitrogen and oxygen atoms in total. The van der Waals surface area contributed by atoms with E-state index in [0.717, 1.165) is 12.8 Å². The van der Waals surface area contributed by atoms with E-state index in [4.69, 9.17) is 11.6 Å². The van der Waals surface area contributed by atoms with E-state index in [2.05, 4.69) is 0 Å². The number of carboxylic acids is 1. The second kappa shape index (κ2) is 5.74. The lowest BCUT2D eigenvalue weighted by Crippen LogP contribution is -2.46. The van der Waals surface area contributed by atoms with Crippen LogP contribution in [0, 0.1) is 0 Å². The zero-order chi connectivity index (χ0) is 14.8. The van der Waals surface area contributed by atoms with E-state index in [-0.39, 0.29) is 22.8 Å². The molecule has 0 atom stereocenters. The second-order valence-corrected chi connectivity index (χ2v) is 7.78. The second-order valence-electron chi connectivity index (χ2n) is 5.15. The Morgan fingerprint density at radius 3 is 2.15 bits per heavy atom. The fourth-order valence-corrected chi connectivity index (χ4v) is 5.27. The van der Waals surface area contributed by atoms with Gasteiger partial charge < -0.3 is 5.11 Å². The summed E-state index contributed by atoms with van der Waals surface area (Å²) < 4.78 is 24.0. The van der Waals surface area contributed by atoms with E-state index < -0.39 is 20.6 Å². The molecule has 0 amide bonds. The van der Waals surface area contributed by atoms with Gasteiger partial charge in [0.2, 0.25) is 0 Å². The lowest BCUT2D eigenvalue weighted by molar-refractivity contribution is -0.140. The van der Waals surface area contributed by atoms with Crippen molar-refractivity contribution in [1.29, 1.82) is 0 Å². The number of benzene rings is 1. The van der Waals surface area contributed by atoms with Gasteiger partial charge in [0.15, 0.2) is 14.6 Å². The molecule has 1 aromatic rings. The van der Waals surface area contributed by atoms with E-state index in [9.17, 15) is 18.3 Å². The lowest BCUT2D eigenvalue weighted by atomic mass is 9.99. The average molecular weight is 317 g/mol. The molecule has 1 aliphatic rings. The number of aliphatic carboxylic acids is 1. The fourth-order valence-electron chi connectivity index (χ4n) is 2.77. The molecule has 1 aromatic carbocycles. The summed E-state index contributed by atoms with van der Waals surface area (Å²) in [5.41, 5.74) is 0. The quantitative estimate of drug-likeness (QED) is 0.869. The molecule has 6 heteroatoms. The van der Waals surface area contributed by atoms with Gasteiger partial charge >= 0.3 is 5.97 Å². The molecular weight excluding hydrogens is 300 g/mol. The molecule has 2 rings (SSSR count). The van der Waals surface area contributed by atoms with Gasteiger partial charge in [0, 0.05) is 0 Å². The van der Waals surface area contributed by atoms with Gasteiger partial charge in [-0.3, -0.25) is 4.79 Å². The Hall–Kier alpha value is -1.07. The van der Waals surface area contributed by atoms with Crippen LogP contribution in [0.5, 0.6) is 0 Å². The Morgan fingerprint density at radius 2 is 1.65 bits per heavy atom. The predicted octanol–water partition coefficient (Wildman–Crippen LogP) is 3.29. The van der Waals surface area contributed by atoms with Gasteiger partial charge in [-0.15, -0.1) is 0 Å². The minimum Gasteiger partial charge on any atom is -0.480 e. The number of carbonyl (C=O) groups is 1. The van der Waals surface area contributed by atoms with Crippen LogP contribution in [0.15, 0.2) is 29.2 Å². The van der Waals surface area contributed by atoms with Crippen LogP contribution in [0.1, 0.15) is 38.5 Å². The SMILES string of the molecule is O=C(O)C1(S(=O)(=O)c2ccccc2Cl)CCCCCC1. The van der Waals surface area contributed by atoms with Crippen LogP contribution < -0.4 is 0 Å². The maximum Gasteiger partial charge on any atom is 0.325 e. The van der Waals surface area contributed by atoms with Crippen molar-refractivity contribution in [2.45, 2.75) is 48.2 Å². The summed E-state index contributed by atoms with van der Waals surface area (Å²) in [6, 6.07) is 6.04. The van der Waals surface area contributed by atoms with Gasteiger partial charge in [-0.25, -0.2) is 8.42 Å². The number of carboxylic acid groups (broad SMARTS) is 1. The van der Waals surface area contributed by atoms with Gasteiger partial charge in [-0.05, 0) is 25.0 Å². The van der Waals surface area contributed by atoms with Crippen molar-refractivity contribution < 1.29 is 18.3 Å². The summed E-state index contributed by atoms with van der Waals surface area (Å²) in [6.45, 7) is 0. The van der Waals surface area contributed by atoms with Gasteiger partial charge in [0.1, 0.15) is 0 Å². The van der Waals surface area contributed by atoms with Crippen LogP contribution in [0.3, 0.4) is 0 Å². The molecule has 20 heavy (non-hydrogen) atoms. The third-order valence-electron chi connectivity index (χ3n) is 3.94. The molecule has 0 saturated heterocycles. The summed E-state index contributed by atoms with van der Waals surface area (Å²) in [6.07, 6.45) is 3.25. The van der Waals surface area contributed by atoms with Gasteiger partial charge in [-0.2, -0.15) is 0 Å². The van der Waals surface area contributed by atoms with Crippen LogP contribution in [0.4, 0.5) is 0 Å². The number of hydrogen-bond acceptors (Lipinski definition) is 3. The van der Waals surface area contributed by atoms with Crippen LogP contribution in [0.25, 0.3) is 0 Å². The molecule has 0 radical (unpaired) electrons. The molecule has 1 aliphatic carbocycles. The highest BCUT2D eigenvalue weighted by atomic mass is 35.5. The number of sulfone groups is 1. The minimum atomic E-state index is -4.01. The summed E-state index contributed by atoms with van der Waals surface area (Å²) in [7, 11) is -4.01. The molecule has 1 saturated carbocycles. The molecule has 0 spiro atoms. The largest absolute Gasteiger partial charge is 0.480 e. The highest BCUT2D eigenvalue weighted by Crippen LogP contribution is 2.40. The maximum atomic E-state index is 12.9. The number of rotatable bonds is 3. The van der Waals surface area contributed by atoms with E-state index >= 15 is 0 Å². The van der Waals surface area contributed by atoms with Crippen molar-refractivity contribution in [3.8, 4) is 0 Å². The Labute approximate surface area is 123 Å². The lowest BCUT2D eigenvalue weighted by Gasteiger charge is -2.28. The van der Waals surface area contributed by atoms with Crippen LogP contribution in [-0.4, -0.2) is 24.2 Å². The Morgan fingerprint density at radius 1 is 1.10 bits per heavy atom. The summed E-state index contributed by atoms with van der Waals surface area (Å²) in [5, 5.41) is 9.66. The molecule has 0 aliphatic heterocycles. The fraction of sp³-hybridized carbons (Fsp3) is 0.500. The molecule has 0 heterocycles. The smallest absolute Gasteiger partial charge is 0.325 e. The molecule has 1 fully saturated rings. The van der Waals surface area contributed by atoms with Crippen molar-refractivity contribution in [1.82, 2.24) is 0 Å². The van der Waals surface area contributed by atoms with Gasteiger partial charge in [0.05, 0.1) is 9.92 Å². The minimum absolute atomic E-state index is 0.0778. The first-order valence-electron chi connectivity index (χ1n) is 6.64. The van der Waals surface area contributed by atoms with Crippen LogP contribution in [-0.2, 0) is 14.6 Å². The molecule has 1 N–H and O–H groups in total. The summed E-state index contributed by atoms with van der Waals surface area (Å²) >= 11 is 5.96. The Bertz CT molecular complexity index is 601. The standard InChI is InChI=1S/C14H17ClO4S/c15-11-7-3-4-8-12(11)20(18,19)14(13(16)17)9-5-1-2-6-10-14/h3-4,7-8H,1-2,5-6,9-10H2,(H,16,17). The van der Waals surface area contributed by atoms with Crippen molar-refractivity contribution in [3.63, 3.8) is 0 Å². The van der Waals surface area contributed by atoms with E-state index in [1.54, 1.807) is 12.1 Å². The topological polar surface area (TPSA) is 71.4 Å². The third-order valence-corrected chi connectivity index (χ3v) is 6.93. The van der Waals surface area contributed by atoms with Gasteiger partial charge in [0.25, 0.3) is 0 Å². The normalized spacial score (nSPS) is 19.2. The van der Waals surface area contributed by atoms with Crippen molar-refractivity contribution in [2.24, 2.45) is 0 Å². The maximum absolute atomic E-state index is 12.9. The monoisotopic (exact) mass is 316 g/mol. The van der Waals surface area contributed by atoms with Gasteiger partial charge in [-0.1, -0.05) is 49.4 Å². The first-order valence-corrected chi connectivity index (χ1v) is 8.50. The first kappa shape index (κ1) is 15.3.